The lowest BCUT2D eigenvalue weighted by Crippen LogP contribution is -2.42. The molecule has 172 valence electrons. The normalized spacial score (nSPS) is 14.6. The molecule has 2 N–H and O–H groups in total. The van der Waals surface area contributed by atoms with Gasteiger partial charge in [-0.25, -0.2) is 9.78 Å². The van der Waals surface area contributed by atoms with Crippen LogP contribution >= 0.6 is 0 Å². The number of amides is 3. The van der Waals surface area contributed by atoms with E-state index >= 15 is 0 Å². The van der Waals surface area contributed by atoms with E-state index in [-0.39, 0.29) is 18.0 Å². The number of hydrogen-bond acceptors (Lipinski definition) is 4. The van der Waals surface area contributed by atoms with Crippen molar-refractivity contribution in [1.82, 2.24) is 24.7 Å². The van der Waals surface area contributed by atoms with E-state index < -0.39 is 0 Å². The van der Waals surface area contributed by atoms with Crippen LogP contribution in [-0.4, -0.2) is 70.8 Å². The zero-order chi connectivity index (χ0) is 23.5. The van der Waals surface area contributed by atoms with E-state index in [0.717, 1.165) is 28.8 Å². The van der Waals surface area contributed by atoms with E-state index in [0.29, 0.717) is 24.5 Å². The van der Waals surface area contributed by atoms with Gasteiger partial charge in [0, 0.05) is 37.4 Å². The van der Waals surface area contributed by atoms with Crippen molar-refractivity contribution in [2.45, 2.75) is 19.5 Å². The van der Waals surface area contributed by atoms with Crippen LogP contribution in [0.4, 0.5) is 10.5 Å². The predicted molar refractivity (Wildman–Crippen MR) is 131 cm³/mol. The number of anilines is 1. The third-order valence-corrected chi connectivity index (χ3v) is 6.01. The molecule has 1 atom stereocenters. The number of urea groups is 1. The molecule has 0 spiro atoms. The van der Waals surface area contributed by atoms with Crippen LogP contribution in [0.2, 0.25) is 0 Å². The van der Waals surface area contributed by atoms with Gasteiger partial charge in [-0.3, -0.25) is 4.79 Å². The first-order chi connectivity index (χ1) is 15.8. The van der Waals surface area contributed by atoms with Gasteiger partial charge in [0.1, 0.15) is 0 Å². The summed E-state index contributed by atoms with van der Waals surface area (Å²) in [5.74, 6) is -0.110. The monoisotopic (exact) mass is 446 g/mol. The summed E-state index contributed by atoms with van der Waals surface area (Å²) in [5, 5.41) is 4.02. The van der Waals surface area contributed by atoms with Crippen LogP contribution in [0.25, 0.3) is 17.0 Å². The molecule has 0 fully saturated rings. The molecule has 0 saturated carbocycles. The smallest absolute Gasteiger partial charge is 0.322 e. The van der Waals surface area contributed by atoms with Gasteiger partial charge in [0.2, 0.25) is 5.91 Å². The van der Waals surface area contributed by atoms with Crippen molar-refractivity contribution >= 4 is 34.6 Å². The van der Waals surface area contributed by atoms with Gasteiger partial charge in [-0.2, -0.15) is 0 Å². The number of fused-ring (bicyclic) bond motifs is 2. The fourth-order valence-electron chi connectivity index (χ4n) is 3.79. The number of aromatic nitrogens is 2. The summed E-state index contributed by atoms with van der Waals surface area (Å²) in [6.07, 6.45) is 3.26. The Labute approximate surface area is 193 Å². The van der Waals surface area contributed by atoms with Crippen LogP contribution in [0.5, 0.6) is 0 Å². The lowest BCUT2D eigenvalue weighted by atomic mass is 10.2. The van der Waals surface area contributed by atoms with Crippen molar-refractivity contribution < 1.29 is 9.59 Å². The van der Waals surface area contributed by atoms with Gasteiger partial charge < -0.3 is 25.0 Å². The fourth-order valence-corrected chi connectivity index (χ4v) is 3.79. The van der Waals surface area contributed by atoms with Crippen LogP contribution < -0.4 is 5.32 Å². The number of carbonyl (C=O) groups excluding carboxylic acids is 2. The molecule has 8 nitrogen and oxygen atoms in total. The number of rotatable bonds is 7. The minimum atomic E-state index is -0.114. The lowest BCUT2D eigenvalue weighted by molar-refractivity contribution is -0.126. The van der Waals surface area contributed by atoms with Gasteiger partial charge in [-0.1, -0.05) is 18.2 Å². The minimum Gasteiger partial charge on any atom is -0.357 e. The molecule has 0 bridgehead atoms. The summed E-state index contributed by atoms with van der Waals surface area (Å²) in [7, 11) is 5.75. The molecular weight excluding hydrogens is 416 g/mol. The maximum Gasteiger partial charge on any atom is 0.322 e. The largest absolute Gasteiger partial charge is 0.357 e. The summed E-state index contributed by atoms with van der Waals surface area (Å²) in [5.41, 5.74) is 4.23. The van der Waals surface area contributed by atoms with Crippen molar-refractivity contribution in [2.24, 2.45) is 0 Å². The Hall–Kier alpha value is -3.65. The molecule has 8 heteroatoms. The van der Waals surface area contributed by atoms with E-state index in [1.165, 1.54) is 0 Å². The van der Waals surface area contributed by atoms with Crippen molar-refractivity contribution in [1.29, 1.82) is 0 Å². The van der Waals surface area contributed by atoms with Crippen LogP contribution in [-0.2, 0) is 11.3 Å². The Bertz CT molecular complexity index is 1170. The van der Waals surface area contributed by atoms with Gasteiger partial charge in [-0.05, 0) is 56.7 Å². The second-order valence-corrected chi connectivity index (χ2v) is 8.66. The van der Waals surface area contributed by atoms with Gasteiger partial charge in [0.05, 0.1) is 29.7 Å². The zero-order valence-electron chi connectivity index (χ0n) is 19.5. The number of likely N-dealkylation sites (N-methyl/N-ethyl adjacent to an activating group) is 2. The number of H-pyrrole nitrogens is 1. The number of nitrogens with zero attached hydrogens (tertiary/aromatic N) is 4. The van der Waals surface area contributed by atoms with Crippen molar-refractivity contribution in [3.63, 3.8) is 0 Å². The Morgan fingerprint density at radius 2 is 2.00 bits per heavy atom. The van der Waals surface area contributed by atoms with E-state index in [1.54, 1.807) is 35.1 Å². The summed E-state index contributed by atoms with van der Waals surface area (Å²) in [6, 6.07) is 13.6. The van der Waals surface area contributed by atoms with Crippen LogP contribution in [0.3, 0.4) is 0 Å². The summed E-state index contributed by atoms with van der Waals surface area (Å²) >= 11 is 0. The van der Waals surface area contributed by atoms with Gasteiger partial charge in [0.25, 0.3) is 0 Å². The fraction of sp³-hybridized carbons (Fsp3) is 0.320. The van der Waals surface area contributed by atoms with E-state index in [9.17, 15) is 9.59 Å². The Balaban J connectivity index is 1.43. The average Bonchev–Trinajstić information content (AvgIpc) is 3.24. The lowest BCUT2D eigenvalue weighted by Gasteiger charge is -2.29. The highest BCUT2D eigenvalue weighted by Gasteiger charge is 2.23. The Morgan fingerprint density at radius 3 is 2.76 bits per heavy atom. The molecule has 3 amide bonds. The first kappa shape index (κ1) is 22.5. The van der Waals surface area contributed by atoms with Crippen LogP contribution in [0.15, 0.2) is 48.5 Å². The average molecular weight is 447 g/mol. The van der Waals surface area contributed by atoms with E-state index in [4.69, 9.17) is 0 Å². The Morgan fingerprint density at radius 1 is 1.21 bits per heavy atom. The molecule has 3 aromatic rings. The third-order valence-electron chi connectivity index (χ3n) is 6.01. The van der Waals surface area contributed by atoms with E-state index in [2.05, 4.69) is 27.4 Å². The summed E-state index contributed by atoms with van der Waals surface area (Å²) < 4.78 is 0. The number of aromatic amines is 1. The molecule has 1 aromatic carbocycles. The summed E-state index contributed by atoms with van der Waals surface area (Å²) in [4.78, 5) is 38.6. The molecular formula is C25H30N6O2. The highest BCUT2D eigenvalue weighted by molar-refractivity contribution is 5.93. The number of nitrogens with one attached hydrogen (secondary N) is 2. The van der Waals surface area contributed by atoms with Crippen LogP contribution in [0.1, 0.15) is 30.0 Å². The Kier molecular flexibility index (Phi) is 6.46. The first-order valence-electron chi connectivity index (χ1n) is 11.0. The van der Waals surface area contributed by atoms with Crippen molar-refractivity contribution in [2.75, 3.05) is 39.5 Å². The van der Waals surface area contributed by atoms with Gasteiger partial charge >= 0.3 is 6.03 Å². The quantitative estimate of drug-likeness (QED) is 0.542. The number of para-hydroxylation sites is 1. The number of hydrogen-bond donors (Lipinski definition) is 2. The number of pyridine rings is 1. The van der Waals surface area contributed by atoms with Crippen molar-refractivity contribution in [3.8, 4) is 0 Å². The van der Waals surface area contributed by atoms with Crippen molar-refractivity contribution in [3.05, 3.63) is 65.6 Å². The molecule has 0 aliphatic carbocycles. The molecule has 3 heterocycles. The van der Waals surface area contributed by atoms with E-state index in [1.807, 2.05) is 50.2 Å². The van der Waals surface area contributed by atoms with Gasteiger partial charge in [0.15, 0.2) is 0 Å². The highest BCUT2D eigenvalue weighted by Crippen LogP contribution is 2.24. The highest BCUT2D eigenvalue weighted by atomic mass is 16.2. The standard InChI is InChI=1S/C25H30N6O2/c1-17(22-15-18-7-5-6-8-20(18)27-22)30(4)24(32)12-10-19-9-11-21-23(26-19)16-31(25(33)28-21)14-13-29(2)3/h5-12,15,17,27H,13-14,16H2,1-4H3,(H,28,33)/b12-10+. The molecule has 1 unspecified atom stereocenters. The minimum absolute atomic E-state index is 0.105. The molecule has 4 rings (SSSR count). The molecule has 33 heavy (non-hydrogen) atoms. The molecule has 1 aliphatic heterocycles. The van der Waals surface area contributed by atoms with Gasteiger partial charge in [-0.15, -0.1) is 0 Å². The van der Waals surface area contributed by atoms with Crippen LogP contribution in [0, 0.1) is 0 Å². The number of carbonyl (C=O) groups is 2. The molecule has 2 aromatic heterocycles. The molecule has 0 radical (unpaired) electrons. The maximum absolute atomic E-state index is 12.8. The second-order valence-electron chi connectivity index (χ2n) is 8.66. The SMILES string of the molecule is CC(c1cc2ccccc2[nH]1)N(C)C(=O)/C=C/c1ccc2c(n1)CN(CCN(C)C)C(=O)N2. The summed E-state index contributed by atoms with van der Waals surface area (Å²) in [6.45, 7) is 3.84. The third kappa shape index (κ3) is 5.06. The predicted octanol–water partition coefficient (Wildman–Crippen LogP) is 3.70. The number of benzene rings is 1. The topological polar surface area (TPSA) is 84.6 Å². The zero-order valence-corrected chi connectivity index (χ0v) is 19.5. The first-order valence-corrected chi connectivity index (χ1v) is 11.0. The maximum atomic E-state index is 12.8. The molecule has 1 aliphatic rings. The molecule has 0 saturated heterocycles. The second kappa shape index (κ2) is 9.46.